The Hall–Kier alpha value is -3.41. The van der Waals surface area contributed by atoms with Gasteiger partial charge in [0.25, 0.3) is 0 Å². The third kappa shape index (κ3) is 5.40. The molecule has 0 saturated carbocycles. The number of benzene rings is 3. The lowest BCUT2D eigenvalue weighted by Crippen LogP contribution is -2.12. The zero-order chi connectivity index (χ0) is 22.6. The third-order valence-corrected chi connectivity index (χ3v) is 5.01. The van der Waals surface area contributed by atoms with E-state index in [2.05, 4.69) is 5.32 Å². The maximum atomic E-state index is 13.4. The molecule has 2 nitrogen and oxygen atoms in total. The van der Waals surface area contributed by atoms with E-state index in [9.17, 15) is 22.4 Å². The fourth-order valence-corrected chi connectivity index (χ4v) is 3.35. The second-order valence-corrected chi connectivity index (χ2v) is 7.31. The zero-order valence-electron chi connectivity index (χ0n) is 17.1. The summed E-state index contributed by atoms with van der Waals surface area (Å²) < 4.78 is 52.2. The molecule has 0 radical (unpaired) electrons. The van der Waals surface area contributed by atoms with Crippen molar-refractivity contribution in [3.8, 4) is 22.3 Å². The van der Waals surface area contributed by atoms with E-state index in [-0.39, 0.29) is 5.82 Å². The molecule has 1 N–H and O–H groups in total. The van der Waals surface area contributed by atoms with Gasteiger partial charge >= 0.3 is 6.18 Å². The highest BCUT2D eigenvalue weighted by molar-refractivity contribution is 5.80. The predicted octanol–water partition coefficient (Wildman–Crippen LogP) is 6.64. The van der Waals surface area contributed by atoms with Gasteiger partial charge in [0.05, 0.1) is 5.56 Å². The van der Waals surface area contributed by atoms with Crippen LogP contribution in [0.1, 0.15) is 23.6 Å². The Kier molecular flexibility index (Phi) is 6.59. The Balaban J connectivity index is 2.14. The van der Waals surface area contributed by atoms with Crippen molar-refractivity contribution in [2.45, 2.75) is 20.0 Å². The first kappa shape index (κ1) is 22.3. The van der Waals surface area contributed by atoms with Gasteiger partial charge in [0.2, 0.25) is 6.41 Å². The normalized spacial score (nSPS) is 12.0. The lowest BCUT2D eigenvalue weighted by Gasteiger charge is -2.15. The van der Waals surface area contributed by atoms with Crippen LogP contribution in [0.4, 0.5) is 17.6 Å². The zero-order valence-corrected chi connectivity index (χ0v) is 17.1. The van der Waals surface area contributed by atoms with Gasteiger partial charge in [-0.15, -0.1) is 0 Å². The molecule has 0 spiro atoms. The first-order chi connectivity index (χ1) is 14.7. The van der Waals surface area contributed by atoms with Crippen LogP contribution in [0, 0.1) is 12.7 Å². The fraction of sp³-hybridized carbons (Fsp3) is 0.160. The SMILES string of the molecule is C/C(=C\c1cc(-c2ccc(C(F)(F)F)cc2)cc(-c2ccc(F)cc2)c1C)CNC=O. The summed E-state index contributed by atoms with van der Waals surface area (Å²) in [5.74, 6) is -0.351. The maximum Gasteiger partial charge on any atom is 0.416 e. The van der Waals surface area contributed by atoms with Crippen LogP contribution in [0.3, 0.4) is 0 Å². The van der Waals surface area contributed by atoms with E-state index in [1.54, 1.807) is 12.1 Å². The largest absolute Gasteiger partial charge is 0.416 e. The van der Waals surface area contributed by atoms with Crippen LogP contribution in [-0.2, 0) is 11.0 Å². The number of rotatable bonds is 6. The molecule has 1 amide bonds. The van der Waals surface area contributed by atoms with Gasteiger partial charge < -0.3 is 5.32 Å². The summed E-state index contributed by atoms with van der Waals surface area (Å²) in [6, 6.07) is 14.9. The fourth-order valence-electron chi connectivity index (χ4n) is 3.35. The molecule has 3 aromatic rings. The van der Waals surface area contributed by atoms with Gasteiger partial charge in [-0.25, -0.2) is 4.39 Å². The van der Waals surface area contributed by atoms with Crippen LogP contribution in [0.25, 0.3) is 28.3 Å². The third-order valence-electron chi connectivity index (χ3n) is 5.01. The van der Waals surface area contributed by atoms with E-state index in [1.165, 1.54) is 24.3 Å². The van der Waals surface area contributed by atoms with Gasteiger partial charge in [-0.1, -0.05) is 35.9 Å². The molecule has 0 aliphatic heterocycles. The monoisotopic (exact) mass is 427 g/mol. The summed E-state index contributed by atoms with van der Waals surface area (Å²) in [5.41, 5.74) is 5.01. The minimum absolute atomic E-state index is 0.351. The Labute approximate surface area is 178 Å². The number of carbonyl (C=O) groups excluding carboxylic acids is 1. The van der Waals surface area contributed by atoms with Crippen molar-refractivity contribution in [3.63, 3.8) is 0 Å². The molecular formula is C25H21F4NO. The average molecular weight is 427 g/mol. The molecular weight excluding hydrogens is 406 g/mol. The van der Waals surface area contributed by atoms with Crippen molar-refractivity contribution < 1.29 is 22.4 Å². The summed E-state index contributed by atoms with van der Waals surface area (Å²) in [5, 5.41) is 2.61. The van der Waals surface area contributed by atoms with Crippen LogP contribution in [-0.4, -0.2) is 13.0 Å². The number of nitrogens with one attached hydrogen (secondary N) is 1. The molecule has 3 rings (SSSR count). The highest BCUT2D eigenvalue weighted by atomic mass is 19.4. The lowest BCUT2D eigenvalue weighted by atomic mass is 9.90. The molecule has 0 aliphatic carbocycles. The molecule has 0 heterocycles. The van der Waals surface area contributed by atoms with Gasteiger partial charge in [0, 0.05) is 6.54 Å². The van der Waals surface area contributed by atoms with Crippen LogP contribution in [0.2, 0.25) is 0 Å². The van der Waals surface area contributed by atoms with Gasteiger partial charge in [0.15, 0.2) is 0 Å². The Morgan fingerprint density at radius 2 is 1.55 bits per heavy atom. The number of alkyl halides is 3. The van der Waals surface area contributed by atoms with Crippen LogP contribution < -0.4 is 5.32 Å². The number of amides is 1. The van der Waals surface area contributed by atoms with E-state index < -0.39 is 11.7 Å². The molecule has 0 fully saturated rings. The summed E-state index contributed by atoms with van der Waals surface area (Å²) in [6.45, 7) is 4.18. The van der Waals surface area contributed by atoms with Crippen molar-refractivity contribution in [2.75, 3.05) is 6.54 Å². The van der Waals surface area contributed by atoms with Gasteiger partial charge in [-0.05, 0) is 83.6 Å². The quantitative estimate of drug-likeness (QED) is 0.347. The first-order valence-electron chi connectivity index (χ1n) is 9.61. The highest BCUT2D eigenvalue weighted by Crippen LogP contribution is 2.35. The minimum Gasteiger partial charge on any atom is -0.355 e. The van der Waals surface area contributed by atoms with Gasteiger partial charge in [-0.2, -0.15) is 13.2 Å². The Morgan fingerprint density at radius 1 is 0.935 bits per heavy atom. The van der Waals surface area contributed by atoms with E-state index in [4.69, 9.17) is 0 Å². The minimum atomic E-state index is -4.40. The first-order valence-corrected chi connectivity index (χ1v) is 9.61. The van der Waals surface area contributed by atoms with Crippen molar-refractivity contribution >= 4 is 12.5 Å². The second kappa shape index (κ2) is 9.16. The number of carbonyl (C=O) groups is 1. The molecule has 0 saturated heterocycles. The Morgan fingerprint density at radius 3 is 2.13 bits per heavy atom. The van der Waals surface area contributed by atoms with Crippen molar-refractivity contribution in [1.82, 2.24) is 5.32 Å². The molecule has 0 atom stereocenters. The van der Waals surface area contributed by atoms with E-state index in [1.807, 2.05) is 32.1 Å². The smallest absolute Gasteiger partial charge is 0.355 e. The summed E-state index contributed by atoms with van der Waals surface area (Å²) >= 11 is 0. The van der Waals surface area contributed by atoms with Crippen molar-refractivity contribution in [1.29, 1.82) is 0 Å². The topological polar surface area (TPSA) is 29.1 Å². The predicted molar refractivity (Wildman–Crippen MR) is 115 cm³/mol. The van der Waals surface area contributed by atoms with Crippen LogP contribution in [0.5, 0.6) is 0 Å². The van der Waals surface area contributed by atoms with E-state index in [0.29, 0.717) is 18.5 Å². The van der Waals surface area contributed by atoms with Crippen molar-refractivity contribution in [3.05, 3.63) is 88.7 Å². The number of hydrogen-bond acceptors (Lipinski definition) is 1. The molecule has 160 valence electrons. The average Bonchev–Trinajstić information content (AvgIpc) is 2.74. The van der Waals surface area contributed by atoms with E-state index in [0.717, 1.165) is 45.5 Å². The molecule has 0 aromatic heterocycles. The molecule has 6 heteroatoms. The van der Waals surface area contributed by atoms with Crippen LogP contribution in [0.15, 0.2) is 66.2 Å². The highest BCUT2D eigenvalue weighted by Gasteiger charge is 2.30. The second-order valence-electron chi connectivity index (χ2n) is 7.31. The molecule has 0 aliphatic rings. The molecule has 31 heavy (non-hydrogen) atoms. The van der Waals surface area contributed by atoms with Crippen LogP contribution >= 0.6 is 0 Å². The summed E-state index contributed by atoms with van der Waals surface area (Å²) in [4.78, 5) is 10.6. The summed E-state index contributed by atoms with van der Waals surface area (Å²) in [6.07, 6.45) is -1.86. The van der Waals surface area contributed by atoms with Gasteiger partial charge in [0.1, 0.15) is 5.82 Å². The molecule has 3 aromatic carbocycles. The maximum absolute atomic E-state index is 13.4. The summed E-state index contributed by atoms with van der Waals surface area (Å²) in [7, 11) is 0. The van der Waals surface area contributed by atoms with E-state index >= 15 is 0 Å². The number of hydrogen-bond donors (Lipinski definition) is 1. The molecule has 0 unspecified atom stereocenters. The standard InChI is InChI=1S/C25H21F4NO/c1-16(14-30-15-31)11-20-12-21(18-3-7-22(8-4-18)25(27,28)29)13-24(17(20)2)19-5-9-23(26)10-6-19/h3-13,15H,14H2,1-2H3,(H,30,31)/b16-11+. The number of halogens is 4. The molecule has 0 bridgehead atoms. The Bertz CT molecular complexity index is 1100. The van der Waals surface area contributed by atoms with Gasteiger partial charge in [-0.3, -0.25) is 4.79 Å². The lowest BCUT2D eigenvalue weighted by molar-refractivity contribution is -0.137. The van der Waals surface area contributed by atoms with Crippen molar-refractivity contribution in [2.24, 2.45) is 0 Å².